The number of benzene rings is 3. The number of hydrogen-bond acceptors (Lipinski definition) is 5. The van der Waals surface area contributed by atoms with Gasteiger partial charge in [-0.05, 0) is 48.4 Å². The van der Waals surface area contributed by atoms with E-state index in [0.717, 1.165) is 11.1 Å². The molecule has 0 heterocycles. The first-order chi connectivity index (χ1) is 16.1. The van der Waals surface area contributed by atoms with Crippen molar-refractivity contribution in [2.45, 2.75) is 19.4 Å². The van der Waals surface area contributed by atoms with Crippen molar-refractivity contribution in [3.8, 4) is 11.5 Å². The van der Waals surface area contributed by atoms with Gasteiger partial charge >= 0.3 is 0 Å². The third-order valence-corrected chi connectivity index (χ3v) is 4.82. The maximum Gasteiger partial charge on any atom is 0.251 e. The van der Waals surface area contributed by atoms with E-state index in [1.54, 1.807) is 43.5 Å². The van der Waals surface area contributed by atoms with Gasteiger partial charge in [-0.1, -0.05) is 48.5 Å². The molecule has 0 spiro atoms. The number of methoxy groups -OCH3 is 1. The number of hydrazone groups is 1. The second kappa shape index (κ2) is 12.0. The largest absolute Gasteiger partial charge is 0.493 e. The third kappa shape index (κ3) is 6.93. The normalized spacial score (nSPS) is 11.6. The van der Waals surface area contributed by atoms with Crippen LogP contribution in [0.3, 0.4) is 0 Å². The highest BCUT2D eigenvalue weighted by Gasteiger charge is 2.19. The summed E-state index contributed by atoms with van der Waals surface area (Å²) in [6.45, 7) is 2.43. The summed E-state index contributed by atoms with van der Waals surface area (Å²) in [5.74, 6) is 0.648. The fraction of sp³-hybridized carbons (Fsp3) is 0.192. The summed E-state index contributed by atoms with van der Waals surface area (Å²) >= 11 is 0. The van der Waals surface area contributed by atoms with Crippen molar-refractivity contribution >= 4 is 18.0 Å². The van der Waals surface area contributed by atoms with Crippen LogP contribution in [0.5, 0.6) is 11.5 Å². The van der Waals surface area contributed by atoms with Gasteiger partial charge in [-0.25, -0.2) is 5.43 Å². The van der Waals surface area contributed by atoms with Crippen LogP contribution in [0.15, 0.2) is 84.0 Å². The molecule has 1 atom stereocenters. The minimum absolute atomic E-state index is 0.0343. The molecule has 7 nitrogen and oxygen atoms in total. The zero-order chi connectivity index (χ0) is 23.5. The Labute approximate surface area is 193 Å². The fourth-order valence-electron chi connectivity index (χ4n) is 3.22. The van der Waals surface area contributed by atoms with E-state index in [1.165, 1.54) is 6.21 Å². The Hall–Kier alpha value is -4.13. The summed E-state index contributed by atoms with van der Waals surface area (Å²) in [6.07, 6.45) is 1.56. The van der Waals surface area contributed by atoms with E-state index in [9.17, 15) is 9.59 Å². The van der Waals surface area contributed by atoms with Gasteiger partial charge in [-0.2, -0.15) is 5.10 Å². The van der Waals surface area contributed by atoms with Crippen molar-refractivity contribution in [1.29, 1.82) is 0 Å². The molecule has 33 heavy (non-hydrogen) atoms. The lowest BCUT2D eigenvalue weighted by Crippen LogP contribution is -2.32. The molecule has 0 aliphatic carbocycles. The first-order valence-corrected chi connectivity index (χ1v) is 10.6. The van der Waals surface area contributed by atoms with Gasteiger partial charge in [0.05, 0.1) is 32.4 Å². The van der Waals surface area contributed by atoms with Crippen LogP contribution in [0.25, 0.3) is 0 Å². The number of carbonyl (C=O) groups excluding carboxylic acids is 2. The Morgan fingerprint density at radius 2 is 1.67 bits per heavy atom. The molecule has 3 aromatic carbocycles. The summed E-state index contributed by atoms with van der Waals surface area (Å²) in [5, 5.41) is 6.98. The average molecular weight is 446 g/mol. The van der Waals surface area contributed by atoms with Gasteiger partial charge in [-0.15, -0.1) is 0 Å². The molecule has 170 valence electrons. The third-order valence-electron chi connectivity index (χ3n) is 4.82. The quantitative estimate of drug-likeness (QED) is 0.363. The van der Waals surface area contributed by atoms with E-state index in [1.807, 2.05) is 49.4 Å². The molecular weight excluding hydrogens is 418 g/mol. The van der Waals surface area contributed by atoms with E-state index in [2.05, 4.69) is 15.8 Å². The molecule has 0 bridgehead atoms. The molecule has 0 radical (unpaired) electrons. The molecule has 0 aliphatic rings. The number of hydrogen-bond donors (Lipinski definition) is 2. The Kier molecular flexibility index (Phi) is 8.59. The van der Waals surface area contributed by atoms with Crippen LogP contribution in [-0.4, -0.2) is 31.7 Å². The summed E-state index contributed by atoms with van der Waals surface area (Å²) < 4.78 is 10.8. The van der Waals surface area contributed by atoms with Gasteiger partial charge in [-0.3, -0.25) is 9.59 Å². The SMILES string of the molecule is CCOc1ccc(/C=N\NC(=O)C[C@H](NC(=O)c2ccccc2)c2ccccc2)cc1OC. The first-order valence-electron chi connectivity index (χ1n) is 10.6. The summed E-state index contributed by atoms with van der Waals surface area (Å²) in [7, 11) is 1.56. The average Bonchev–Trinajstić information content (AvgIpc) is 2.85. The fourth-order valence-corrected chi connectivity index (χ4v) is 3.22. The summed E-state index contributed by atoms with van der Waals surface area (Å²) in [6, 6.07) is 23.1. The van der Waals surface area contributed by atoms with Crippen LogP contribution in [0.1, 0.15) is 40.9 Å². The van der Waals surface area contributed by atoms with Crippen LogP contribution in [0, 0.1) is 0 Å². The number of ether oxygens (including phenoxy) is 2. The predicted octanol–water partition coefficient (Wildman–Crippen LogP) is 4.11. The smallest absolute Gasteiger partial charge is 0.251 e. The van der Waals surface area contributed by atoms with E-state index in [0.29, 0.717) is 23.7 Å². The van der Waals surface area contributed by atoms with Gasteiger partial charge in [0.15, 0.2) is 11.5 Å². The van der Waals surface area contributed by atoms with Gasteiger partial charge < -0.3 is 14.8 Å². The highest BCUT2D eigenvalue weighted by atomic mass is 16.5. The molecule has 0 unspecified atom stereocenters. The van der Waals surface area contributed by atoms with Crippen LogP contribution >= 0.6 is 0 Å². The lowest BCUT2D eigenvalue weighted by atomic mass is 10.0. The second-order valence-electron chi connectivity index (χ2n) is 7.14. The standard InChI is InChI=1S/C26H27N3O4/c1-3-33-23-15-14-19(16-24(23)32-2)18-27-29-25(30)17-22(20-10-6-4-7-11-20)28-26(31)21-12-8-5-9-13-21/h4-16,18,22H,3,17H2,1-2H3,(H,28,31)(H,29,30)/b27-18-/t22-/m0/s1. The van der Waals surface area contributed by atoms with Crippen LogP contribution in [0.2, 0.25) is 0 Å². The minimum Gasteiger partial charge on any atom is -0.493 e. The van der Waals surface area contributed by atoms with Crippen molar-refractivity contribution in [2.75, 3.05) is 13.7 Å². The molecule has 0 fully saturated rings. The second-order valence-corrected chi connectivity index (χ2v) is 7.14. The maximum absolute atomic E-state index is 12.6. The number of rotatable bonds is 10. The number of nitrogens with zero attached hydrogens (tertiary/aromatic N) is 1. The molecule has 0 aromatic heterocycles. The topological polar surface area (TPSA) is 89.0 Å². The molecule has 2 N–H and O–H groups in total. The van der Waals surface area contributed by atoms with Crippen molar-refractivity contribution in [3.05, 3.63) is 95.6 Å². The monoisotopic (exact) mass is 445 g/mol. The summed E-state index contributed by atoms with van der Waals surface area (Å²) in [5.41, 5.74) is 4.63. The zero-order valence-electron chi connectivity index (χ0n) is 18.7. The molecule has 2 amide bonds. The lowest BCUT2D eigenvalue weighted by molar-refractivity contribution is -0.121. The van der Waals surface area contributed by atoms with Crippen LogP contribution < -0.4 is 20.2 Å². The van der Waals surface area contributed by atoms with Crippen molar-refractivity contribution in [3.63, 3.8) is 0 Å². The van der Waals surface area contributed by atoms with Crippen molar-refractivity contribution in [2.24, 2.45) is 5.10 Å². The first kappa shape index (κ1) is 23.5. The highest BCUT2D eigenvalue weighted by molar-refractivity contribution is 5.94. The number of nitrogens with one attached hydrogen (secondary N) is 2. The van der Waals surface area contributed by atoms with Crippen molar-refractivity contribution < 1.29 is 19.1 Å². The molecule has 0 saturated heterocycles. The Morgan fingerprint density at radius 1 is 0.970 bits per heavy atom. The van der Waals surface area contributed by atoms with Gasteiger partial charge in [0.2, 0.25) is 5.91 Å². The number of amides is 2. The summed E-state index contributed by atoms with van der Waals surface area (Å²) in [4.78, 5) is 25.2. The van der Waals surface area contributed by atoms with Gasteiger partial charge in [0.25, 0.3) is 5.91 Å². The Balaban J connectivity index is 1.65. The molecule has 7 heteroatoms. The van der Waals surface area contributed by atoms with E-state index in [4.69, 9.17) is 9.47 Å². The molecule has 0 saturated carbocycles. The van der Waals surface area contributed by atoms with E-state index >= 15 is 0 Å². The van der Waals surface area contributed by atoms with E-state index in [-0.39, 0.29) is 18.2 Å². The Morgan fingerprint density at radius 3 is 2.33 bits per heavy atom. The predicted molar refractivity (Wildman–Crippen MR) is 128 cm³/mol. The maximum atomic E-state index is 12.6. The number of carbonyl (C=O) groups is 2. The molecule has 3 rings (SSSR count). The van der Waals surface area contributed by atoms with Gasteiger partial charge in [0.1, 0.15) is 0 Å². The molecular formula is C26H27N3O4. The van der Waals surface area contributed by atoms with E-state index < -0.39 is 6.04 Å². The van der Waals surface area contributed by atoms with Gasteiger partial charge in [0, 0.05) is 5.56 Å². The zero-order valence-corrected chi connectivity index (χ0v) is 18.7. The Bertz CT molecular complexity index is 1090. The lowest BCUT2D eigenvalue weighted by Gasteiger charge is -2.18. The highest BCUT2D eigenvalue weighted by Crippen LogP contribution is 2.27. The van der Waals surface area contributed by atoms with Crippen LogP contribution in [-0.2, 0) is 4.79 Å². The van der Waals surface area contributed by atoms with Crippen molar-refractivity contribution in [1.82, 2.24) is 10.7 Å². The minimum atomic E-state index is -0.500. The van der Waals surface area contributed by atoms with Crippen LogP contribution in [0.4, 0.5) is 0 Å². The molecule has 0 aliphatic heterocycles. The molecule has 3 aromatic rings.